The van der Waals surface area contributed by atoms with Crippen LogP contribution in [-0.4, -0.2) is 52.3 Å². The molecule has 0 radical (unpaired) electrons. The van der Waals surface area contributed by atoms with Gasteiger partial charge in [0.2, 0.25) is 0 Å². The number of aliphatic hydroxyl groups excluding tert-OH is 1. The number of phenolic OH excluding ortho intramolecular Hbond substituents is 1. The Morgan fingerprint density at radius 2 is 1.92 bits per heavy atom. The summed E-state index contributed by atoms with van der Waals surface area (Å²) in [6.45, 7) is 2.96. The Hall–Kier alpha value is -2.77. The molecule has 0 saturated heterocycles. The summed E-state index contributed by atoms with van der Waals surface area (Å²) in [7, 11) is 0. The molecule has 0 fully saturated rings. The average Bonchev–Trinajstić information content (AvgIpc) is 3.11. The summed E-state index contributed by atoms with van der Waals surface area (Å²) in [4.78, 5) is 0. The third-order valence-electron chi connectivity index (χ3n) is 3.88. The number of hydrogen-bond donors (Lipinski definition) is 4. The second kappa shape index (κ2) is 8.55. The Morgan fingerprint density at radius 1 is 1.12 bits per heavy atom. The summed E-state index contributed by atoms with van der Waals surface area (Å²) in [5.74, 6) is 1.24. The molecule has 0 bridgehead atoms. The zero-order chi connectivity index (χ0) is 18.4. The van der Waals surface area contributed by atoms with Crippen molar-refractivity contribution in [2.45, 2.75) is 19.1 Å². The molecule has 0 aliphatic carbocycles. The Labute approximate surface area is 151 Å². The van der Waals surface area contributed by atoms with Gasteiger partial charge in [0.25, 0.3) is 0 Å². The van der Waals surface area contributed by atoms with Crippen molar-refractivity contribution in [3.63, 3.8) is 0 Å². The minimum Gasteiger partial charge on any atom is -0.504 e. The molecule has 0 aliphatic rings. The highest BCUT2D eigenvalue weighted by molar-refractivity contribution is 5.84. The molecule has 0 spiro atoms. The number of aromatic nitrogens is 2. The SMILES string of the molecule is CC(CNCC(O)COc1cccc2[nH]ncc12)Oc1ccccc1O. The van der Waals surface area contributed by atoms with Crippen LogP contribution in [0.1, 0.15) is 6.92 Å². The number of para-hydroxylation sites is 2. The van der Waals surface area contributed by atoms with Crippen molar-refractivity contribution in [3.05, 3.63) is 48.7 Å². The number of aromatic hydroxyl groups is 1. The van der Waals surface area contributed by atoms with E-state index in [1.807, 2.05) is 25.1 Å². The molecule has 2 unspecified atom stereocenters. The first-order chi connectivity index (χ1) is 12.6. The monoisotopic (exact) mass is 357 g/mol. The van der Waals surface area contributed by atoms with Gasteiger partial charge in [0, 0.05) is 13.1 Å². The van der Waals surface area contributed by atoms with E-state index in [0.29, 0.717) is 24.6 Å². The van der Waals surface area contributed by atoms with Crippen molar-refractivity contribution < 1.29 is 19.7 Å². The van der Waals surface area contributed by atoms with E-state index >= 15 is 0 Å². The molecule has 7 nitrogen and oxygen atoms in total. The van der Waals surface area contributed by atoms with Gasteiger partial charge in [-0.05, 0) is 31.2 Å². The predicted octanol–water partition coefficient (Wildman–Crippen LogP) is 2.07. The van der Waals surface area contributed by atoms with Gasteiger partial charge >= 0.3 is 0 Å². The number of hydrogen-bond acceptors (Lipinski definition) is 6. The van der Waals surface area contributed by atoms with Gasteiger partial charge in [0.15, 0.2) is 11.5 Å². The van der Waals surface area contributed by atoms with Gasteiger partial charge in [0.05, 0.1) is 17.1 Å². The van der Waals surface area contributed by atoms with E-state index in [1.165, 1.54) is 0 Å². The predicted molar refractivity (Wildman–Crippen MR) is 98.7 cm³/mol. The molecule has 2 atom stereocenters. The lowest BCUT2D eigenvalue weighted by Crippen LogP contribution is -2.36. The normalized spacial score (nSPS) is 13.5. The Kier molecular flexibility index (Phi) is 5.93. The minimum atomic E-state index is -0.658. The Morgan fingerprint density at radius 3 is 2.77 bits per heavy atom. The lowest BCUT2D eigenvalue weighted by atomic mass is 10.2. The Bertz CT molecular complexity index is 836. The van der Waals surface area contributed by atoms with Gasteiger partial charge in [-0.15, -0.1) is 0 Å². The van der Waals surface area contributed by atoms with Crippen molar-refractivity contribution in [3.8, 4) is 17.2 Å². The topological polar surface area (TPSA) is 99.6 Å². The summed E-state index contributed by atoms with van der Waals surface area (Å²) in [5, 5.41) is 30.7. The zero-order valence-corrected chi connectivity index (χ0v) is 14.6. The van der Waals surface area contributed by atoms with Gasteiger partial charge < -0.3 is 25.0 Å². The maximum absolute atomic E-state index is 10.1. The maximum atomic E-state index is 10.1. The number of rotatable bonds is 9. The maximum Gasteiger partial charge on any atom is 0.161 e. The summed E-state index contributed by atoms with van der Waals surface area (Å²) in [6, 6.07) is 12.5. The lowest BCUT2D eigenvalue weighted by molar-refractivity contribution is 0.103. The number of H-pyrrole nitrogens is 1. The summed E-state index contributed by atoms with van der Waals surface area (Å²) >= 11 is 0. The Balaban J connectivity index is 1.39. The second-order valence-corrected chi connectivity index (χ2v) is 6.11. The molecular weight excluding hydrogens is 334 g/mol. The zero-order valence-electron chi connectivity index (χ0n) is 14.6. The standard InChI is InChI=1S/C19H23N3O4/c1-13(26-19-7-3-2-6-17(19)24)9-20-10-14(23)12-25-18-8-4-5-16-15(18)11-21-22-16/h2-8,11,13-14,20,23-24H,9-10,12H2,1H3,(H,21,22). The largest absolute Gasteiger partial charge is 0.504 e. The van der Waals surface area contributed by atoms with Crippen molar-refractivity contribution in [1.82, 2.24) is 15.5 Å². The van der Waals surface area contributed by atoms with Crippen molar-refractivity contribution in [2.24, 2.45) is 0 Å². The number of ether oxygens (including phenoxy) is 2. The smallest absolute Gasteiger partial charge is 0.161 e. The molecule has 1 aromatic heterocycles. The first kappa shape index (κ1) is 18.0. The van der Waals surface area contributed by atoms with Crippen LogP contribution in [0.5, 0.6) is 17.2 Å². The molecule has 1 heterocycles. The van der Waals surface area contributed by atoms with Crippen LogP contribution in [0.15, 0.2) is 48.7 Å². The summed E-state index contributed by atoms with van der Waals surface area (Å²) in [6.07, 6.45) is 0.887. The fourth-order valence-electron chi connectivity index (χ4n) is 2.58. The molecule has 26 heavy (non-hydrogen) atoms. The molecule has 2 aromatic carbocycles. The lowest BCUT2D eigenvalue weighted by Gasteiger charge is -2.18. The molecular formula is C19H23N3O4. The van der Waals surface area contributed by atoms with Gasteiger partial charge in [-0.1, -0.05) is 18.2 Å². The quantitative estimate of drug-likeness (QED) is 0.468. The third-order valence-corrected chi connectivity index (χ3v) is 3.88. The highest BCUT2D eigenvalue weighted by atomic mass is 16.5. The van der Waals surface area contributed by atoms with E-state index in [4.69, 9.17) is 9.47 Å². The van der Waals surface area contributed by atoms with Gasteiger partial charge in [-0.25, -0.2) is 0 Å². The van der Waals surface area contributed by atoms with E-state index in [9.17, 15) is 10.2 Å². The number of phenols is 1. The average molecular weight is 357 g/mol. The van der Waals surface area contributed by atoms with Crippen LogP contribution in [0.4, 0.5) is 0 Å². The number of aromatic amines is 1. The van der Waals surface area contributed by atoms with E-state index in [1.54, 1.807) is 30.5 Å². The van der Waals surface area contributed by atoms with Crippen LogP contribution in [-0.2, 0) is 0 Å². The van der Waals surface area contributed by atoms with Gasteiger partial charge in [-0.3, -0.25) is 5.10 Å². The molecule has 7 heteroatoms. The summed E-state index contributed by atoms with van der Waals surface area (Å²) < 4.78 is 11.4. The van der Waals surface area contributed by atoms with E-state index < -0.39 is 6.10 Å². The number of nitrogens with zero attached hydrogens (tertiary/aromatic N) is 1. The molecule has 3 rings (SSSR count). The molecule has 138 valence electrons. The highest BCUT2D eigenvalue weighted by Gasteiger charge is 2.11. The van der Waals surface area contributed by atoms with Crippen LogP contribution < -0.4 is 14.8 Å². The molecule has 0 amide bonds. The van der Waals surface area contributed by atoms with E-state index in [0.717, 1.165) is 10.9 Å². The highest BCUT2D eigenvalue weighted by Crippen LogP contribution is 2.25. The van der Waals surface area contributed by atoms with Crippen LogP contribution in [0.3, 0.4) is 0 Å². The van der Waals surface area contributed by atoms with Crippen molar-refractivity contribution >= 4 is 10.9 Å². The molecule has 0 saturated carbocycles. The molecule has 0 aliphatic heterocycles. The second-order valence-electron chi connectivity index (χ2n) is 6.11. The molecule has 3 aromatic rings. The van der Waals surface area contributed by atoms with Gasteiger partial charge in [0.1, 0.15) is 24.6 Å². The van der Waals surface area contributed by atoms with Crippen LogP contribution >= 0.6 is 0 Å². The van der Waals surface area contributed by atoms with E-state index in [-0.39, 0.29) is 18.5 Å². The summed E-state index contributed by atoms with van der Waals surface area (Å²) in [5.41, 5.74) is 0.894. The molecule has 4 N–H and O–H groups in total. The fourth-order valence-corrected chi connectivity index (χ4v) is 2.58. The van der Waals surface area contributed by atoms with Crippen LogP contribution in [0.25, 0.3) is 10.9 Å². The number of nitrogens with one attached hydrogen (secondary N) is 2. The fraction of sp³-hybridized carbons (Fsp3) is 0.316. The van der Waals surface area contributed by atoms with Crippen molar-refractivity contribution in [2.75, 3.05) is 19.7 Å². The number of aliphatic hydroxyl groups is 1. The minimum absolute atomic E-state index is 0.112. The first-order valence-corrected chi connectivity index (χ1v) is 8.52. The number of fused-ring (bicyclic) bond motifs is 1. The third kappa shape index (κ3) is 4.65. The van der Waals surface area contributed by atoms with Crippen LogP contribution in [0, 0.1) is 0 Å². The van der Waals surface area contributed by atoms with Crippen LogP contribution in [0.2, 0.25) is 0 Å². The van der Waals surface area contributed by atoms with Crippen molar-refractivity contribution in [1.29, 1.82) is 0 Å². The first-order valence-electron chi connectivity index (χ1n) is 8.52. The van der Waals surface area contributed by atoms with Gasteiger partial charge in [-0.2, -0.15) is 5.10 Å². The van der Waals surface area contributed by atoms with E-state index in [2.05, 4.69) is 15.5 Å². The number of benzene rings is 2.